The summed E-state index contributed by atoms with van der Waals surface area (Å²) in [4.78, 5) is 74.7. The van der Waals surface area contributed by atoms with Gasteiger partial charge in [-0.15, -0.1) is 0 Å². The van der Waals surface area contributed by atoms with Gasteiger partial charge in [-0.2, -0.15) is 0 Å². The zero-order valence-electron chi connectivity index (χ0n) is 27.5. The fourth-order valence-electron chi connectivity index (χ4n) is 6.32. The van der Waals surface area contributed by atoms with Crippen LogP contribution < -0.4 is 21.1 Å². The van der Waals surface area contributed by atoms with E-state index in [1.807, 2.05) is 45.9 Å². The first-order valence-electron chi connectivity index (χ1n) is 16.4. The lowest BCUT2D eigenvalue weighted by molar-refractivity contribution is -0.138. The molecule has 1 aromatic carbocycles. The first kappa shape index (κ1) is 37.2. The van der Waals surface area contributed by atoms with E-state index >= 15 is 0 Å². The Hall–Kier alpha value is -3.25. The summed E-state index contributed by atoms with van der Waals surface area (Å²) in [7, 11) is 0. The summed E-state index contributed by atoms with van der Waals surface area (Å²) in [6, 6.07) is 6.08. The number of ketones is 2. The van der Waals surface area contributed by atoms with Crippen LogP contribution in [0.3, 0.4) is 0 Å². The van der Waals surface area contributed by atoms with E-state index in [0.29, 0.717) is 30.9 Å². The van der Waals surface area contributed by atoms with E-state index in [1.165, 1.54) is 0 Å². The maximum Gasteiger partial charge on any atom is 0.316 e. The Balaban J connectivity index is 0.000000402. The van der Waals surface area contributed by atoms with E-state index in [0.717, 1.165) is 51.2 Å². The molecule has 0 aromatic heterocycles. The van der Waals surface area contributed by atoms with Crippen molar-refractivity contribution in [3.63, 3.8) is 0 Å². The molecule has 4 amide bonds. The van der Waals surface area contributed by atoms with Gasteiger partial charge >= 0.3 is 6.03 Å². The molecular formula is C34H51N5O6S. The molecule has 5 atom stereocenters. The van der Waals surface area contributed by atoms with Crippen LogP contribution in [0.4, 0.5) is 4.79 Å². The van der Waals surface area contributed by atoms with E-state index in [2.05, 4.69) is 28.2 Å². The number of carbonyl (C=O) groups is 6. The zero-order chi connectivity index (χ0) is 34.0. The third-order valence-electron chi connectivity index (χ3n) is 9.11. The molecule has 2 saturated carbocycles. The highest BCUT2D eigenvalue weighted by atomic mass is 32.1. The Morgan fingerprint density at radius 3 is 2.15 bits per heavy atom. The van der Waals surface area contributed by atoms with Gasteiger partial charge in [-0.25, -0.2) is 4.79 Å². The molecule has 3 aliphatic rings. The number of benzene rings is 1. The van der Waals surface area contributed by atoms with Gasteiger partial charge in [0.2, 0.25) is 11.7 Å². The van der Waals surface area contributed by atoms with Crippen LogP contribution in [0.25, 0.3) is 0 Å². The second-order valence-corrected chi connectivity index (χ2v) is 14.4. The van der Waals surface area contributed by atoms with Crippen LogP contribution in [0.5, 0.6) is 0 Å². The first-order valence-corrected chi connectivity index (χ1v) is 16.9. The summed E-state index contributed by atoms with van der Waals surface area (Å²) in [5.74, 6) is -0.955. The van der Waals surface area contributed by atoms with E-state index in [1.54, 1.807) is 17.0 Å². The van der Waals surface area contributed by atoms with Crippen molar-refractivity contribution in [2.75, 3.05) is 6.54 Å². The smallest absolute Gasteiger partial charge is 0.316 e. The number of nitrogens with one attached hydrogen (secondary N) is 3. The summed E-state index contributed by atoms with van der Waals surface area (Å²) in [6.45, 7) is 8.17. The largest absolute Gasteiger partial charge is 0.363 e. The average Bonchev–Trinajstić information content (AvgIpc) is 3.78. The average molecular weight is 658 g/mol. The van der Waals surface area contributed by atoms with Gasteiger partial charge in [-0.3, -0.25) is 23.9 Å². The molecule has 0 radical (unpaired) electrons. The van der Waals surface area contributed by atoms with Gasteiger partial charge < -0.3 is 26.1 Å². The molecule has 1 aromatic rings. The Labute approximate surface area is 278 Å². The lowest BCUT2D eigenvalue weighted by atomic mass is 9.81. The minimum atomic E-state index is -0.887. The number of rotatable bonds is 12. The molecule has 11 nitrogen and oxygen atoms in total. The number of nitrogens with zero attached hydrogens (tertiary/aromatic N) is 1. The normalized spacial score (nSPS) is 22.0. The van der Waals surface area contributed by atoms with Crippen molar-refractivity contribution in [1.82, 2.24) is 20.3 Å². The summed E-state index contributed by atoms with van der Waals surface area (Å²) < 4.78 is 2.50. The number of primary amides is 1. The van der Waals surface area contributed by atoms with E-state index in [9.17, 15) is 28.8 Å². The van der Waals surface area contributed by atoms with Gasteiger partial charge in [0.05, 0.1) is 18.1 Å². The van der Waals surface area contributed by atoms with Crippen molar-refractivity contribution < 1.29 is 28.8 Å². The van der Waals surface area contributed by atoms with E-state index in [4.69, 9.17) is 5.73 Å². The Morgan fingerprint density at radius 2 is 1.63 bits per heavy atom. The first-order chi connectivity index (χ1) is 21.8. The molecule has 0 bridgehead atoms. The molecule has 1 heterocycles. The minimum Gasteiger partial charge on any atom is -0.363 e. The highest BCUT2D eigenvalue weighted by Crippen LogP contribution is 2.34. The third kappa shape index (κ3) is 10.7. The topological polar surface area (TPSA) is 168 Å². The molecule has 1 aliphatic heterocycles. The number of amides is 4. The standard InChI is InChI=1S/C27H39N3O4.C7H12N2O2S/c1-18-15-21(17-31)30(16-18)25(33)24(27(2,3)4)29-26(34)28-22(19-11-7-5-8-12-19)23(32)20-13-9-6-10-14-20;8-7(11)6(10)5(9-12)3-4-1-2-4/h6,9-10,13-14,17-19,21-22,24H,5,7-8,11-12,15-16H2,1-4H3,(H2,28,29,34);4-5,9,12H,1-3H2,(H2,8,11)/t18-,21?,22?,24?;/m1./s1. The lowest BCUT2D eigenvalue weighted by Crippen LogP contribution is -2.60. The summed E-state index contributed by atoms with van der Waals surface area (Å²) >= 11 is 3.77. The maximum atomic E-state index is 13.4. The molecule has 4 rings (SSSR count). The van der Waals surface area contributed by atoms with Gasteiger partial charge in [-0.1, -0.05) is 103 Å². The predicted octanol–water partition coefficient (Wildman–Crippen LogP) is 3.61. The van der Waals surface area contributed by atoms with Crippen LogP contribution in [0.2, 0.25) is 0 Å². The van der Waals surface area contributed by atoms with Gasteiger partial charge in [0.15, 0.2) is 5.78 Å². The molecule has 12 heteroatoms. The van der Waals surface area contributed by atoms with Crippen LogP contribution >= 0.6 is 12.8 Å². The summed E-state index contributed by atoms with van der Waals surface area (Å²) in [5.41, 5.74) is 4.85. The van der Waals surface area contributed by atoms with Crippen molar-refractivity contribution in [2.45, 2.75) is 110 Å². The van der Waals surface area contributed by atoms with Crippen LogP contribution in [-0.2, 0) is 19.2 Å². The number of aldehydes is 1. The van der Waals surface area contributed by atoms with Crippen molar-refractivity contribution in [3.05, 3.63) is 35.9 Å². The highest BCUT2D eigenvalue weighted by Gasteiger charge is 2.42. The molecule has 1 saturated heterocycles. The van der Waals surface area contributed by atoms with Crippen molar-refractivity contribution >= 4 is 48.5 Å². The van der Waals surface area contributed by atoms with Gasteiger partial charge in [0, 0.05) is 12.1 Å². The number of hydrogen-bond acceptors (Lipinski definition) is 8. The summed E-state index contributed by atoms with van der Waals surface area (Å²) in [6.07, 6.45) is 9.39. The molecule has 5 N–H and O–H groups in total. The minimum absolute atomic E-state index is 0.0647. The molecule has 4 unspecified atom stereocenters. The van der Waals surface area contributed by atoms with Crippen molar-refractivity contribution in [3.8, 4) is 0 Å². The van der Waals surface area contributed by atoms with E-state index < -0.39 is 47.3 Å². The fraction of sp³-hybridized carbons (Fsp3) is 0.647. The Morgan fingerprint density at radius 1 is 1.00 bits per heavy atom. The van der Waals surface area contributed by atoms with Crippen LogP contribution in [0.15, 0.2) is 30.3 Å². The Bertz CT molecular complexity index is 1230. The van der Waals surface area contributed by atoms with Crippen molar-refractivity contribution in [2.24, 2.45) is 28.9 Å². The molecule has 254 valence electrons. The molecule has 3 fully saturated rings. The molecule has 46 heavy (non-hydrogen) atoms. The third-order valence-corrected chi connectivity index (χ3v) is 9.42. The SMILES string of the molecule is C[C@@H]1CC(C=O)N(C(=O)C(NC(=O)NC(C(=O)c2ccccc2)C2CCCCC2)C(C)(C)C)C1.NC(=O)C(=O)C(CC1CC1)NS. The second-order valence-electron chi connectivity index (χ2n) is 14.1. The number of carbonyl (C=O) groups excluding carboxylic acids is 6. The van der Waals surface area contributed by atoms with Crippen molar-refractivity contribution in [1.29, 1.82) is 0 Å². The lowest BCUT2D eigenvalue weighted by Gasteiger charge is -2.36. The molecular weight excluding hydrogens is 606 g/mol. The second kappa shape index (κ2) is 17.1. The number of Topliss-reactive ketones (excluding diaryl/α,β-unsaturated/α-hetero) is 2. The fourth-order valence-corrected chi connectivity index (χ4v) is 6.54. The number of thiol groups is 1. The molecule has 0 spiro atoms. The van der Waals surface area contributed by atoms with E-state index in [-0.39, 0.29) is 23.5 Å². The van der Waals surface area contributed by atoms with Gasteiger partial charge in [0.25, 0.3) is 5.91 Å². The maximum absolute atomic E-state index is 13.4. The molecule has 2 aliphatic carbocycles. The number of nitrogens with two attached hydrogens (primary N) is 1. The van der Waals surface area contributed by atoms with Gasteiger partial charge in [-0.05, 0) is 48.9 Å². The summed E-state index contributed by atoms with van der Waals surface area (Å²) in [5, 5.41) is 5.79. The Kier molecular flexibility index (Phi) is 13.8. The quantitative estimate of drug-likeness (QED) is 0.0991. The number of likely N-dealkylation sites (tertiary alicyclic amines) is 1. The van der Waals surface area contributed by atoms with Crippen LogP contribution in [-0.4, -0.2) is 71.3 Å². The zero-order valence-corrected chi connectivity index (χ0v) is 28.4. The van der Waals surface area contributed by atoms with Crippen LogP contribution in [0.1, 0.15) is 95.8 Å². The van der Waals surface area contributed by atoms with Gasteiger partial charge in [0.1, 0.15) is 12.3 Å². The highest BCUT2D eigenvalue weighted by molar-refractivity contribution is 7.78. The number of urea groups is 1. The van der Waals surface area contributed by atoms with Crippen LogP contribution in [0, 0.1) is 23.2 Å². The number of hydrogen-bond donors (Lipinski definition) is 5. The predicted molar refractivity (Wildman–Crippen MR) is 179 cm³/mol. The monoisotopic (exact) mass is 657 g/mol.